The van der Waals surface area contributed by atoms with Crippen molar-refractivity contribution in [1.82, 2.24) is 0 Å². The minimum absolute atomic E-state index is 0. The third-order valence-electron chi connectivity index (χ3n) is 0.850. The summed E-state index contributed by atoms with van der Waals surface area (Å²) in [7, 11) is -18.3. The van der Waals surface area contributed by atoms with Gasteiger partial charge in [-0.3, -0.25) is 0 Å². The Hall–Kier alpha value is -0.227. The Labute approximate surface area is 171 Å². The van der Waals surface area contributed by atoms with Gasteiger partial charge in [-0.15, -0.1) is 0 Å². The molecule has 0 saturated carbocycles. The molecule has 0 aliphatic heterocycles. The standard InChI is InChI=1S/3CHF3O3S.CHF3.Bi/c3*2-1(3,4)8(5,6)7;2-1(3)4;/h3*(H,5,6,7);1H;/q;;;;+3/p-3. The van der Waals surface area contributed by atoms with E-state index in [1.807, 2.05) is 0 Å². The largest absolute Gasteiger partial charge is 3.00 e. The Morgan fingerprint density at radius 3 is 0.517 bits per heavy atom. The maximum absolute atomic E-state index is 10.7. The molecule has 2 radical (unpaired) electrons. The van der Waals surface area contributed by atoms with Gasteiger partial charge < -0.3 is 13.7 Å². The van der Waals surface area contributed by atoms with Gasteiger partial charge in [-0.05, 0) is 0 Å². The van der Waals surface area contributed by atoms with Crippen LogP contribution in [0.4, 0.5) is 52.7 Å². The van der Waals surface area contributed by atoms with Crippen molar-refractivity contribution >= 4 is 56.6 Å². The smallest absolute Gasteiger partial charge is 0.741 e. The van der Waals surface area contributed by atoms with Gasteiger partial charge in [0.15, 0.2) is 30.4 Å². The van der Waals surface area contributed by atoms with E-state index in [9.17, 15) is 52.7 Å². The summed E-state index contributed by atoms with van der Waals surface area (Å²) in [5.41, 5.74) is -16.9. The normalized spacial score (nSPS) is 12.8. The van der Waals surface area contributed by atoms with Crippen molar-refractivity contribution < 1.29 is 91.6 Å². The summed E-state index contributed by atoms with van der Waals surface area (Å²) in [4.78, 5) is 0. The van der Waals surface area contributed by atoms with Crippen LogP contribution in [-0.4, -0.2) is 88.3 Å². The summed E-state index contributed by atoms with van der Waals surface area (Å²) in [5, 5.41) is 0. The van der Waals surface area contributed by atoms with Crippen molar-refractivity contribution in [1.29, 1.82) is 0 Å². The van der Waals surface area contributed by atoms with Gasteiger partial charge >= 0.3 is 49.4 Å². The van der Waals surface area contributed by atoms with Crippen LogP contribution in [0.3, 0.4) is 0 Å². The molecule has 0 unspecified atom stereocenters. The van der Waals surface area contributed by atoms with Gasteiger partial charge in [-0.2, -0.15) is 52.7 Å². The zero-order valence-corrected chi connectivity index (χ0v) is 17.9. The van der Waals surface area contributed by atoms with Crippen LogP contribution < -0.4 is 0 Å². The Kier molecular flexibility index (Phi) is 17.9. The number of hydrogen-bond acceptors (Lipinski definition) is 9. The van der Waals surface area contributed by atoms with E-state index in [-0.39, 0.29) is 26.2 Å². The van der Waals surface area contributed by atoms with Crippen molar-refractivity contribution in [2.24, 2.45) is 0 Å². The van der Waals surface area contributed by atoms with Gasteiger partial charge in [0.25, 0.3) is 0 Å². The predicted molar refractivity (Wildman–Crippen MR) is 60.1 cm³/mol. The van der Waals surface area contributed by atoms with Crippen LogP contribution in [0.2, 0.25) is 0 Å². The topological polar surface area (TPSA) is 172 Å². The van der Waals surface area contributed by atoms with Crippen molar-refractivity contribution in [3.05, 3.63) is 0 Å². The molecule has 25 heteroatoms. The molecule has 29 heavy (non-hydrogen) atoms. The van der Waals surface area contributed by atoms with Crippen molar-refractivity contribution in [3.8, 4) is 0 Å². The van der Waals surface area contributed by atoms with Crippen molar-refractivity contribution in [2.75, 3.05) is 0 Å². The molecule has 0 N–H and O–H groups in total. The molecule has 0 spiro atoms. The molecular formula is C4HBiF12O9S3. The number of rotatable bonds is 0. The van der Waals surface area contributed by atoms with Crippen LogP contribution in [-0.2, 0) is 30.4 Å². The summed E-state index contributed by atoms with van der Waals surface area (Å²) < 4.78 is 206. The van der Waals surface area contributed by atoms with Gasteiger partial charge in [0.1, 0.15) is 0 Å². The summed E-state index contributed by atoms with van der Waals surface area (Å²) in [6.07, 6.45) is 0. The molecule has 178 valence electrons. The van der Waals surface area contributed by atoms with E-state index in [1.54, 1.807) is 0 Å². The molecule has 0 aromatic carbocycles. The maximum atomic E-state index is 10.7. The van der Waals surface area contributed by atoms with E-state index in [2.05, 4.69) is 0 Å². The van der Waals surface area contributed by atoms with E-state index in [0.717, 1.165) is 0 Å². The summed E-state index contributed by atoms with van der Waals surface area (Å²) in [6, 6.07) is 0. The molecule has 0 aromatic rings. The summed E-state index contributed by atoms with van der Waals surface area (Å²) >= 11 is 0. The average Bonchev–Trinajstić information content (AvgIpc) is 2.20. The van der Waals surface area contributed by atoms with Crippen molar-refractivity contribution in [3.63, 3.8) is 0 Å². The third kappa shape index (κ3) is 25.7. The second-order valence-electron chi connectivity index (χ2n) is 2.95. The van der Waals surface area contributed by atoms with Crippen LogP contribution in [0.25, 0.3) is 0 Å². The molecule has 0 atom stereocenters. The SMILES string of the molecule is FC(F)F.O=S(=O)([O-])C(F)(F)F.O=S(=O)([O-])C(F)(F)F.O=S(=O)([O-])C(F)(F)F.[Bi+3]. The molecule has 0 heterocycles. The summed E-state index contributed by atoms with van der Waals surface area (Å²) in [5.74, 6) is 0. The second-order valence-corrected chi connectivity index (χ2v) is 7.06. The zero-order chi connectivity index (χ0) is 24.6. The zero-order valence-electron chi connectivity index (χ0n) is 12.0. The number of alkyl halides is 12. The van der Waals surface area contributed by atoms with E-state index in [0.29, 0.717) is 0 Å². The molecule has 0 aliphatic carbocycles. The molecular weight excluding hydrogens is 725 g/mol. The summed E-state index contributed by atoms with van der Waals surface area (Å²) in [6.45, 7) is -3.67. The maximum Gasteiger partial charge on any atom is 3.00 e. The van der Waals surface area contributed by atoms with Crippen LogP contribution in [0.1, 0.15) is 0 Å². The molecule has 0 bridgehead atoms. The minimum atomic E-state index is -6.09. The molecule has 9 nitrogen and oxygen atoms in total. The van der Waals surface area contributed by atoms with Crippen LogP contribution in [0.5, 0.6) is 0 Å². The minimum Gasteiger partial charge on any atom is -0.741 e. The molecule has 0 amide bonds. The molecule has 0 saturated heterocycles. The van der Waals surface area contributed by atoms with Crippen LogP contribution in [0.15, 0.2) is 0 Å². The first-order valence-corrected chi connectivity index (χ1v) is 8.69. The van der Waals surface area contributed by atoms with Crippen LogP contribution >= 0.6 is 0 Å². The first-order valence-electron chi connectivity index (χ1n) is 4.47. The fourth-order valence-corrected chi connectivity index (χ4v) is 0. The fourth-order valence-electron chi connectivity index (χ4n) is 0. The Morgan fingerprint density at radius 2 is 0.517 bits per heavy atom. The average molecular weight is 726 g/mol. The molecule has 0 rings (SSSR count). The molecule has 0 fully saturated rings. The Bertz CT molecular complexity index is 643. The van der Waals surface area contributed by atoms with Gasteiger partial charge in [0.2, 0.25) is 0 Å². The van der Waals surface area contributed by atoms with Gasteiger partial charge in [-0.1, -0.05) is 0 Å². The van der Waals surface area contributed by atoms with Gasteiger partial charge in [0, 0.05) is 0 Å². The second kappa shape index (κ2) is 13.2. The fraction of sp³-hybridized carbons (Fsp3) is 1.00. The van der Waals surface area contributed by atoms with Crippen molar-refractivity contribution in [2.45, 2.75) is 23.2 Å². The van der Waals surface area contributed by atoms with E-state index in [4.69, 9.17) is 38.9 Å². The van der Waals surface area contributed by atoms with Crippen LogP contribution in [0, 0.1) is 0 Å². The monoisotopic (exact) mass is 726 g/mol. The van der Waals surface area contributed by atoms with E-state index in [1.165, 1.54) is 0 Å². The first kappa shape index (κ1) is 39.3. The number of halogens is 12. The number of hydrogen-bond donors (Lipinski definition) is 0. The van der Waals surface area contributed by atoms with Gasteiger partial charge in [0.05, 0.1) is 0 Å². The van der Waals surface area contributed by atoms with Gasteiger partial charge in [-0.25, -0.2) is 25.3 Å². The molecule has 0 aliphatic rings. The first-order chi connectivity index (χ1) is 11.5. The quantitative estimate of drug-likeness (QED) is 0.153. The Balaban J connectivity index is -0.0000000896. The molecule has 0 aromatic heterocycles. The van der Waals surface area contributed by atoms with E-state index >= 15 is 0 Å². The Morgan fingerprint density at radius 1 is 0.483 bits per heavy atom. The van der Waals surface area contributed by atoms with E-state index < -0.39 is 53.6 Å². The predicted octanol–water partition coefficient (Wildman–Crippen LogP) is 0.952. The third-order valence-corrected chi connectivity index (χ3v) is 2.55.